The molecule has 0 unspecified atom stereocenters. The Morgan fingerprint density at radius 2 is 1.56 bits per heavy atom. The predicted molar refractivity (Wildman–Crippen MR) is 143 cm³/mol. The van der Waals surface area contributed by atoms with Gasteiger partial charge in [-0.25, -0.2) is 4.79 Å². The van der Waals surface area contributed by atoms with Gasteiger partial charge in [0.1, 0.15) is 23.0 Å². The van der Waals surface area contributed by atoms with E-state index < -0.39 is 11.6 Å². The van der Waals surface area contributed by atoms with Gasteiger partial charge in [0.25, 0.3) is 0 Å². The molecule has 0 saturated carbocycles. The van der Waals surface area contributed by atoms with Crippen molar-refractivity contribution < 1.29 is 34.1 Å². The fraction of sp³-hybridized carbons (Fsp3) is 0.276. The van der Waals surface area contributed by atoms with Gasteiger partial charge in [0.15, 0.2) is 5.60 Å². The lowest BCUT2D eigenvalue weighted by molar-refractivity contribution is -0.120. The Labute approximate surface area is 225 Å². The van der Waals surface area contributed by atoms with Crippen LogP contribution in [-0.2, 0) is 19.9 Å². The number of nitrogens with one attached hydrogen (secondary N) is 2. The van der Waals surface area contributed by atoms with Gasteiger partial charge in [-0.2, -0.15) is 0 Å². The molecule has 0 bridgehead atoms. The first-order chi connectivity index (χ1) is 18.7. The van der Waals surface area contributed by atoms with Gasteiger partial charge in [0, 0.05) is 42.3 Å². The van der Waals surface area contributed by atoms with Crippen molar-refractivity contribution >= 4 is 17.8 Å². The van der Waals surface area contributed by atoms with Gasteiger partial charge in [0.2, 0.25) is 11.8 Å². The highest BCUT2D eigenvalue weighted by atomic mass is 16.6. The summed E-state index contributed by atoms with van der Waals surface area (Å²) in [7, 11) is 1.71. The molecule has 2 aliphatic rings. The second kappa shape index (κ2) is 11.4. The second-order valence-corrected chi connectivity index (χ2v) is 9.30. The van der Waals surface area contributed by atoms with E-state index in [4.69, 9.17) is 15.2 Å². The molecule has 5 rings (SSSR count). The average molecular weight is 534 g/mol. The summed E-state index contributed by atoms with van der Waals surface area (Å²) in [6, 6.07) is 16.3. The molecule has 10 nitrogen and oxygen atoms in total. The number of unbranched alkanes of at least 4 members (excludes halogenated alkanes) is 1. The molecule has 204 valence electrons. The summed E-state index contributed by atoms with van der Waals surface area (Å²) in [4.78, 5) is 33.8. The zero-order valence-electron chi connectivity index (χ0n) is 21.7. The van der Waals surface area contributed by atoms with Crippen LogP contribution in [0.15, 0.2) is 60.7 Å². The molecule has 0 radical (unpaired) electrons. The van der Waals surface area contributed by atoms with E-state index in [1.165, 1.54) is 31.2 Å². The maximum absolute atomic E-state index is 12.5. The van der Waals surface area contributed by atoms with Crippen LogP contribution >= 0.6 is 0 Å². The summed E-state index contributed by atoms with van der Waals surface area (Å²) >= 11 is 0. The third-order valence-electron chi connectivity index (χ3n) is 6.67. The predicted octanol–water partition coefficient (Wildman–Crippen LogP) is 3.03. The Hall–Kier alpha value is -4.57. The number of esters is 1. The number of nitrogens with two attached hydrogens (primary N) is 1. The van der Waals surface area contributed by atoms with Gasteiger partial charge in [-0.05, 0) is 56.6 Å². The van der Waals surface area contributed by atoms with Crippen molar-refractivity contribution in [3.8, 4) is 23.0 Å². The Morgan fingerprint density at radius 3 is 2.13 bits per heavy atom. The number of phenolic OH excluding ortho intramolecular Hbond substituents is 2. The number of phenols is 2. The fourth-order valence-electron chi connectivity index (χ4n) is 4.82. The summed E-state index contributed by atoms with van der Waals surface area (Å²) in [5, 5.41) is 25.2. The van der Waals surface area contributed by atoms with E-state index in [-0.39, 0.29) is 29.4 Å². The number of rotatable bonds is 7. The van der Waals surface area contributed by atoms with Crippen molar-refractivity contribution in [1.82, 2.24) is 10.6 Å². The standard InChI is InChI=1S/C20H12O5.C9H19N3O2/c21-11-5-7-15-17(9-11)24-18-10-12(22)6-8-16(18)20(15)14-4-2-1-3-13(14)19(23)25-20;1-7(13)12-6-4-3-5-8(11-2)9(10)14/h1-10,21-22H;8,11H,3-6H2,1-2H3,(H2,10,14)(H,12,13)/t;8-/m.1/s1. The Kier molecular flexibility index (Phi) is 8.06. The molecule has 0 saturated heterocycles. The first-order valence-corrected chi connectivity index (χ1v) is 12.6. The molecular formula is C29H31N3O7. The Bertz CT molecular complexity index is 1350. The Balaban J connectivity index is 0.000000218. The van der Waals surface area contributed by atoms with Crippen LogP contribution in [0.1, 0.15) is 53.2 Å². The highest BCUT2D eigenvalue weighted by molar-refractivity contribution is 5.97. The van der Waals surface area contributed by atoms with Gasteiger partial charge in [-0.15, -0.1) is 0 Å². The average Bonchev–Trinajstić information content (AvgIpc) is 3.18. The van der Waals surface area contributed by atoms with Gasteiger partial charge in [-0.3, -0.25) is 9.59 Å². The number of carbonyl (C=O) groups excluding carboxylic acids is 3. The minimum absolute atomic E-state index is 0.0231. The van der Waals surface area contributed by atoms with Gasteiger partial charge >= 0.3 is 5.97 Å². The number of hydrogen-bond donors (Lipinski definition) is 5. The van der Waals surface area contributed by atoms with Crippen molar-refractivity contribution in [2.75, 3.05) is 13.6 Å². The van der Waals surface area contributed by atoms with Crippen LogP contribution in [0.5, 0.6) is 23.0 Å². The Morgan fingerprint density at radius 1 is 0.949 bits per heavy atom. The summed E-state index contributed by atoms with van der Waals surface area (Å²) < 4.78 is 11.8. The van der Waals surface area contributed by atoms with E-state index in [9.17, 15) is 24.6 Å². The van der Waals surface area contributed by atoms with Crippen molar-refractivity contribution in [2.45, 2.75) is 37.8 Å². The molecule has 0 aliphatic carbocycles. The van der Waals surface area contributed by atoms with E-state index in [0.29, 0.717) is 46.7 Å². The zero-order chi connectivity index (χ0) is 28.2. The molecule has 0 fully saturated rings. The molecule has 2 aliphatic heterocycles. The highest BCUT2D eigenvalue weighted by Crippen LogP contribution is 2.56. The number of fused-ring (bicyclic) bond motifs is 6. The number of aromatic hydroxyl groups is 2. The number of amides is 2. The zero-order valence-corrected chi connectivity index (χ0v) is 21.7. The monoisotopic (exact) mass is 533 g/mol. The smallest absolute Gasteiger partial charge is 0.340 e. The number of ether oxygens (including phenoxy) is 2. The van der Waals surface area contributed by atoms with Crippen LogP contribution in [0.3, 0.4) is 0 Å². The number of benzene rings is 3. The lowest BCUT2D eigenvalue weighted by Crippen LogP contribution is -2.39. The number of likely N-dealkylation sites (N-methyl/N-ethyl adjacent to an activating group) is 1. The number of hydrogen-bond acceptors (Lipinski definition) is 8. The van der Waals surface area contributed by atoms with Crippen molar-refractivity contribution in [3.05, 3.63) is 82.9 Å². The molecule has 3 aromatic carbocycles. The lowest BCUT2D eigenvalue weighted by atomic mass is 9.77. The van der Waals surface area contributed by atoms with Gasteiger partial charge in [-0.1, -0.05) is 18.2 Å². The molecule has 1 atom stereocenters. The normalized spacial score (nSPS) is 14.5. The quantitative estimate of drug-likeness (QED) is 0.229. The third kappa shape index (κ3) is 5.51. The molecule has 39 heavy (non-hydrogen) atoms. The minimum Gasteiger partial charge on any atom is -0.508 e. The van der Waals surface area contributed by atoms with Crippen molar-refractivity contribution in [3.63, 3.8) is 0 Å². The molecule has 3 aromatic rings. The second-order valence-electron chi connectivity index (χ2n) is 9.30. The first kappa shape index (κ1) is 27.5. The highest BCUT2D eigenvalue weighted by Gasteiger charge is 2.53. The molecule has 2 heterocycles. The van der Waals surface area contributed by atoms with Crippen LogP contribution in [0.25, 0.3) is 0 Å². The summed E-state index contributed by atoms with van der Waals surface area (Å²) in [6.45, 7) is 2.14. The van der Waals surface area contributed by atoms with Crippen LogP contribution < -0.4 is 21.1 Å². The van der Waals surface area contributed by atoms with Crippen LogP contribution in [0.2, 0.25) is 0 Å². The summed E-state index contributed by atoms with van der Waals surface area (Å²) in [5.74, 6) is 0.0584. The number of primary amides is 1. The molecule has 6 N–H and O–H groups in total. The van der Waals surface area contributed by atoms with Gasteiger partial charge < -0.3 is 36.1 Å². The van der Waals surface area contributed by atoms with Gasteiger partial charge in [0.05, 0.1) is 11.6 Å². The molecule has 1 spiro atoms. The maximum Gasteiger partial charge on any atom is 0.340 e. The van der Waals surface area contributed by atoms with Crippen molar-refractivity contribution in [2.24, 2.45) is 5.73 Å². The maximum atomic E-state index is 12.5. The minimum atomic E-state index is -1.17. The van der Waals surface area contributed by atoms with E-state index in [2.05, 4.69) is 10.6 Å². The van der Waals surface area contributed by atoms with Crippen LogP contribution in [0.4, 0.5) is 0 Å². The van der Waals surface area contributed by atoms with E-state index in [1.807, 2.05) is 12.1 Å². The van der Waals surface area contributed by atoms with E-state index in [0.717, 1.165) is 12.8 Å². The number of carbonyl (C=O) groups is 3. The molecule has 0 aromatic heterocycles. The molecule has 2 amide bonds. The van der Waals surface area contributed by atoms with Crippen LogP contribution in [0, 0.1) is 0 Å². The lowest BCUT2D eigenvalue weighted by Gasteiger charge is -2.36. The summed E-state index contributed by atoms with van der Waals surface area (Å²) in [5.41, 5.74) is 6.42. The molecule has 10 heteroatoms. The largest absolute Gasteiger partial charge is 0.508 e. The molecular weight excluding hydrogens is 502 g/mol. The third-order valence-corrected chi connectivity index (χ3v) is 6.67. The van der Waals surface area contributed by atoms with E-state index in [1.54, 1.807) is 31.3 Å². The summed E-state index contributed by atoms with van der Waals surface area (Å²) in [6.07, 6.45) is 2.45. The first-order valence-electron chi connectivity index (χ1n) is 12.6. The van der Waals surface area contributed by atoms with E-state index >= 15 is 0 Å². The topological polar surface area (TPSA) is 160 Å². The van der Waals surface area contributed by atoms with Crippen LogP contribution in [-0.4, -0.2) is 47.6 Å². The van der Waals surface area contributed by atoms with Crippen molar-refractivity contribution in [1.29, 1.82) is 0 Å². The fourth-order valence-corrected chi connectivity index (χ4v) is 4.82. The SMILES string of the molecule is CN[C@H](CCCCNC(C)=O)C(N)=O.O=C1OC2(c3ccc(O)cc3Oc3cc(O)ccc32)c2ccccc21.